The second-order valence-electron chi connectivity index (χ2n) is 11.6. The largest absolute Gasteiger partial charge is 0.462 e. The Morgan fingerprint density at radius 2 is 1.76 bits per heavy atom. The molecule has 3 aliphatic carbocycles. The molecule has 0 bridgehead atoms. The van der Waals surface area contributed by atoms with Crippen molar-refractivity contribution in [1.29, 1.82) is 0 Å². The Labute approximate surface area is 241 Å². The standard InChI is InChI=1S/C31H36F6O5/c1-18(8-6-15-29(40,30(32,33)34)31(35,36)37)25-12-13-26-22(9-7-14-28(25,26)5)10-11-23-16-24(41-20(3)38)17-27(19(23)2)42-21(4)39/h10-12,18,24,26-27,40H,2,7-9,13-14,16-17H2,1,3-5H3/b22-10+,23-11-/t18-,24-,26?,27?,28-/m1/s1. The number of rotatable bonds is 5. The molecule has 5 atom stereocenters. The Bertz CT molecular complexity index is 1230. The molecule has 0 aliphatic heterocycles. The first kappa shape index (κ1) is 33.5. The van der Waals surface area contributed by atoms with Crippen molar-refractivity contribution in [1.82, 2.24) is 0 Å². The zero-order chi connectivity index (χ0) is 31.7. The molecule has 0 saturated heterocycles. The van der Waals surface area contributed by atoms with Gasteiger partial charge in [0.05, 0.1) is 0 Å². The molecule has 11 heteroatoms. The normalized spacial score (nSPS) is 29.4. The summed E-state index contributed by atoms with van der Waals surface area (Å²) in [5.41, 5.74) is -1.98. The van der Waals surface area contributed by atoms with Gasteiger partial charge in [-0.3, -0.25) is 9.59 Å². The minimum absolute atomic E-state index is 0.0705. The van der Waals surface area contributed by atoms with E-state index in [1.165, 1.54) is 13.8 Å². The van der Waals surface area contributed by atoms with Crippen molar-refractivity contribution in [3.8, 4) is 11.8 Å². The van der Waals surface area contributed by atoms with E-state index in [2.05, 4.69) is 13.5 Å². The van der Waals surface area contributed by atoms with Crippen LogP contribution in [-0.4, -0.2) is 47.2 Å². The molecule has 0 heterocycles. The second kappa shape index (κ2) is 12.3. The summed E-state index contributed by atoms with van der Waals surface area (Å²) in [4.78, 5) is 23.2. The van der Waals surface area contributed by atoms with Gasteiger partial charge in [0.25, 0.3) is 0 Å². The predicted molar refractivity (Wildman–Crippen MR) is 142 cm³/mol. The second-order valence-corrected chi connectivity index (χ2v) is 11.6. The average Bonchev–Trinajstić information content (AvgIpc) is 3.20. The first-order valence-corrected chi connectivity index (χ1v) is 13.8. The van der Waals surface area contributed by atoms with E-state index >= 15 is 0 Å². The van der Waals surface area contributed by atoms with Crippen LogP contribution >= 0.6 is 0 Å². The zero-order valence-corrected chi connectivity index (χ0v) is 24.0. The molecule has 1 N–H and O–H groups in total. The van der Waals surface area contributed by atoms with E-state index in [0.717, 1.165) is 41.9 Å². The number of ether oxygens (including phenoxy) is 2. The molecule has 2 unspecified atom stereocenters. The van der Waals surface area contributed by atoms with Crippen LogP contribution in [0.1, 0.15) is 72.6 Å². The fourth-order valence-electron chi connectivity index (χ4n) is 6.43. The maximum absolute atomic E-state index is 13.0. The smallest absolute Gasteiger partial charge is 0.438 e. The summed E-state index contributed by atoms with van der Waals surface area (Å²) < 4.78 is 88.8. The highest BCUT2D eigenvalue weighted by molar-refractivity contribution is 5.67. The zero-order valence-electron chi connectivity index (χ0n) is 24.0. The van der Waals surface area contributed by atoms with Gasteiger partial charge in [0.15, 0.2) is 0 Å². The van der Waals surface area contributed by atoms with Gasteiger partial charge in [-0.05, 0) is 60.0 Å². The van der Waals surface area contributed by atoms with Gasteiger partial charge >= 0.3 is 29.9 Å². The SMILES string of the molecule is C=C1/C(=C\C=C2/CCC[C@]3(C)C([C@H](C)CC#CC(O)(C(F)(F)F)C(F)(F)F)=CCC23)C[C@@H](OC(C)=O)CC1OC(C)=O. The number of carbonyl (C=O) groups excluding carboxylic acids is 2. The van der Waals surface area contributed by atoms with Gasteiger partial charge in [0.2, 0.25) is 0 Å². The quantitative estimate of drug-likeness (QED) is 0.158. The molecular formula is C31H36F6O5. The van der Waals surface area contributed by atoms with E-state index in [1.54, 1.807) is 6.92 Å². The van der Waals surface area contributed by atoms with Gasteiger partial charge in [0, 0.05) is 33.1 Å². The van der Waals surface area contributed by atoms with Crippen molar-refractivity contribution < 1.29 is 50.5 Å². The van der Waals surface area contributed by atoms with Crippen LogP contribution in [0.2, 0.25) is 0 Å². The Morgan fingerprint density at radius 1 is 1.14 bits per heavy atom. The molecule has 42 heavy (non-hydrogen) atoms. The molecule has 5 nitrogen and oxygen atoms in total. The van der Waals surface area contributed by atoms with E-state index in [9.17, 15) is 41.0 Å². The van der Waals surface area contributed by atoms with E-state index in [4.69, 9.17) is 9.47 Å². The summed E-state index contributed by atoms with van der Waals surface area (Å²) in [6.45, 7) is 10.5. The van der Waals surface area contributed by atoms with Gasteiger partial charge in [-0.25, -0.2) is 0 Å². The number of halogens is 6. The van der Waals surface area contributed by atoms with Gasteiger partial charge in [-0.1, -0.05) is 55.7 Å². The van der Waals surface area contributed by atoms with Gasteiger partial charge in [-0.2, -0.15) is 26.3 Å². The van der Waals surface area contributed by atoms with Crippen LogP contribution < -0.4 is 0 Å². The molecular weight excluding hydrogens is 566 g/mol. The number of carbonyl (C=O) groups is 2. The monoisotopic (exact) mass is 602 g/mol. The van der Waals surface area contributed by atoms with Crippen LogP contribution in [0.15, 0.2) is 47.1 Å². The number of hydrogen-bond acceptors (Lipinski definition) is 5. The fourth-order valence-corrected chi connectivity index (χ4v) is 6.43. The van der Waals surface area contributed by atoms with Crippen molar-refractivity contribution >= 4 is 11.9 Å². The lowest BCUT2D eigenvalue weighted by atomic mass is 9.62. The number of fused-ring (bicyclic) bond motifs is 1. The number of hydrogen-bond donors (Lipinski definition) is 1. The van der Waals surface area contributed by atoms with Crippen LogP contribution in [0, 0.1) is 29.1 Å². The Morgan fingerprint density at radius 3 is 2.33 bits per heavy atom. The maximum atomic E-state index is 13.0. The highest BCUT2D eigenvalue weighted by atomic mass is 19.4. The number of aliphatic hydroxyl groups is 1. The van der Waals surface area contributed by atoms with Crippen LogP contribution in [-0.2, 0) is 19.1 Å². The Hall–Kier alpha value is -3.00. The van der Waals surface area contributed by atoms with Crippen molar-refractivity contribution in [2.24, 2.45) is 17.3 Å². The minimum atomic E-state index is -5.98. The lowest BCUT2D eigenvalue weighted by Crippen LogP contribution is -2.55. The predicted octanol–water partition coefficient (Wildman–Crippen LogP) is 7.07. The third-order valence-corrected chi connectivity index (χ3v) is 8.51. The molecule has 0 aromatic rings. The molecule has 3 rings (SSSR count). The van der Waals surface area contributed by atoms with Gasteiger partial charge in [0.1, 0.15) is 12.2 Å². The lowest BCUT2D eigenvalue weighted by molar-refractivity contribution is -0.343. The maximum Gasteiger partial charge on any atom is 0.438 e. The van der Waals surface area contributed by atoms with Crippen LogP contribution in [0.5, 0.6) is 0 Å². The minimum Gasteiger partial charge on any atom is -0.462 e. The van der Waals surface area contributed by atoms with Crippen molar-refractivity contribution in [2.45, 2.75) is 103 Å². The molecule has 0 amide bonds. The summed E-state index contributed by atoms with van der Waals surface area (Å²) in [6, 6.07) is 0. The molecule has 2 fully saturated rings. The van der Waals surface area contributed by atoms with E-state index < -0.39 is 48.0 Å². The van der Waals surface area contributed by atoms with Crippen molar-refractivity contribution in [3.05, 3.63) is 47.1 Å². The van der Waals surface area contributed by atoms with Crippen molar-refractivity contribution in [2.75, 3.05) is 0 Å². The molecule has 0 aromatic heterocycles. The molecule has 232 valence electrons. The van der Waals surface area contributed by atoms with E-state index in [-0.39, 0.29) is 17.8 Å². The third-order valence-electron chi connectivity index (χ3n) is 8.51. The van der Waals surface area contributed by atoms with Crippen LogP contribution in [0.4, 0.5) is 26.3 Å². The lowest BCUT2D eigenvalue weighted by Gasteiger charge is -2.42. The highest BCUT2D eigenvalue weighted by Crippen LogP contribution is 2.57. The Balaban J connectivity index is 1.81. The summed E-state index contributed by atoms with van der Waals surface area (Å²) in [5.74, 6) is 1.74. The summed E-state index contributed by atoms with van der Waals surface area (Å²) in [6.07, 6.45) is -3.67. The molecule has 2 saturated carbocycles. The number of esters is 2. The highest BCUT2D eigenvalue weighted by Gasteiger charge is 2.70. The number of alkyl halides is 6. The first-order chi connectivity index (χ1) is 19.3. The van der Waals surface area contributed by atoms with E-state index in [0.29, 0.717) is 24.8 Å². The van der Waals surface area contributed by atoms with Crippen LogP contribution in [0.3, 0.4) is 0 Å². The fraction of sp³-hybridized carbons (Fsp3) is 0.613. The Kier molecular flexibility index (Phi) is 9.82. The molecule has 0 aromatic carbocycles. The topological polar surface area (TPSA) is 72.8 Å². The summed E-state index contributed by atoms with van der Waals surface area (Å²) in [7, 11) is 0. The molecule has 3 aliphatic rings. The average molecular weight is 603 g/mol. The van der Waals surface area contributed by atoms with Gasteiger partial charge < -0.3 is 14.6 Å². The first-order valence-electron chi connectivity index (χ1n) is 13.8. The van der Waals surface area contributed by atoms with Gasteiger partial charge in [-0.15, -0.1) is 0 Å². The summed E-state index contributed by atoms with van der Waals surface area (Å²) >= 11 is 0. The third kappa shape index (κ3) is 6.96. The van der Waals surface area contributed by atoms with Crippen molar-refractivity contribution in [3.63, 3.8) is 0 Å². The van der Waals surface area contributed by atoms with E-state index in [1.807, 2.05) is 24.1 Å². The summed E-state index contributed by atoms with van der Waals surface area (Å²) in [5, 5.41) is 9.33. The molecule has 0 spiro atoms. The van der Waals surface area contributed by atoms with Crippen LogP contribution in [0.25, 0.3) is 0 Å². The number of allylic oxidation sites excluding steroid dienone is 5. The molecule has 0 radical (unpaired) electrons.